The fourth-order valence-corrected chi connectivity index (χ4v) is 0. The van der Waals surface area contributed by atoms with Gasteiger partial charge in [-0.15, -0.1) is 0 Å². The number of hydrogen-bond acceptors (Lipinski definition) is 2. The van der Waals surface area contributed by atoms with E-state index >= 15 is 0 Å². The second kappa shape index (κ2) is 10.5. The number of rotatable bonds is 0. The average molecular weight is 147 g/mol. The van der Waals surface area contributed by atoms with E-state index in [4.69, 9.17) is 13.3 Å². The molecular formula is H4KMgO3S-. The molecule has 0 aliphatic rings. The van der Waals surface area contributed by atoms with E-state index in [1.54, 1.807) is 0 Å². The van der Waals surface area contributed by atoms with Gasteiger partial charge < -0.3 is 13.4 Å². The maximum absolute atomic E-state index is 8.56. The molecule has 0 saturated heterocycles. The molecule has 0 saturated carbocycles. The van der Waals surface area contributed by atoms with E-state index in [2.05, 4.69) is 0 Å². The Morgan fingerprint density at radius 1 is 1.83 bits per heavy atom. The molecule has 6 heavy (non-hydrogen) atoms. The predicted octanol–water partition coefficient (Wildman–Crippen LogP) is -3.70. The summed E-state index contributed by atoms with van der Waals surface area (Å²) in [6, 6.07) is 0. The molecule has 1 unspecified atom stereocenters. The van der Waals surface area contributed by atoms with Gasteiger partial charge in [0.15, 0.2) is 0 Å². The van der Waals surface area contributed by atoms with Gasteiger partial charge in [-0.2, -0.15) is 0 Å². The van der Waals surface area contributed by atoms with Gasteiger partial charge >= 0.3 is 74.4 Å². The van der Waals surface area contributed by atoms with Gasteiger partial charge in [0.25, 0.3) is 0 Å². The Balaban J connectivity index is -0.00000000450. The van der Waals surface area contributed by atoms with Crippen LogP contribution in [0.15, 0.2) is 0 Å². The second-order valence-electron chi connectivity index (χ2n) is 0.217. The first kappa shape index (κ1) is 15.8. The molecule has 0 aromatic carbocycles. The Morgan fingerprint density at radius 3 is 1.83 bits per heavy atom. The van der Waals surface area contributed by atoms with Crippen LogP contribution >= 0.6 is 0 Å². The van der Waals surface area contributed by atoms with Crippen molar-refractivity contribution in [2.45, 2.75) is 0 Å². The van der Waals surface area contributed by atoms with Gasteiger partial charge in [-0.05, 0) is 0 Å². The quantitative estimate of drug-likeness (QED) is 0.283. The van der Waals surface area contributed by atoms with Crippen molar-refractivity contribution in [1.82, 2.24) is 0 Å². The summed E-state index contributed by atoms with van der Waals surface area (Å²) < 4.78 is 24.1. The minimum atomic E-state index is -2.86. The van der Waals surface area contributed by atoms with Gasteiger partial charge in [-0.1, -0.05) is 0 Å². The van der Waals surface area contributed by atoms with E-state index in [1.165, 1.54) is 0 Å². The summed E-state index contributed by atoms with van der Waals surface area (Å²) in [5.41, 5.74) is 0. The average Bonchev–Trinajstić information content (AvgIpc) is 0.811. The molecule has 32 valence electrons. The largest absolute Gasteiger partial charge is 2.00 e. The first-order valence-electron chi connectivity index (χ1n) is 0.516. The van der Waals surface area contributed by atoms with Crippen LogP contribution in [0, 0.1) is 0 Å². The molecule has 0 aromatic heterocycles. The third-order valence-corrected chi connectivity index (χ3v) is 0. The van der Waals surface area contributed by atoms with Crippen molar-refractivity contribution in [3.63, 3.8) is 0 Å². The van der Waals surface area contributed by atoms with Gasteiger partial charge in [-0.3, -0.25) is 0 Å². The second-order valence-corrected chi connectivity index (χ2v) is 0.651. The molecule has 0 amide bonds. The maximum atomic E-state index is 8.56. The first-order chi connectivity index (χ1) is 1.73. The molecule has 0 aromatic rings. The summed E-state index contributed by atoms with van der Waals surface area (Å²) in [5.74, 6) is 0. The van der Waals surface area contributed by atoms with Crippen LogP contribution < -0.4 is 51.4 Å². The molecule has 6 heteroatoms. The molecule has 1 atom stereocenters. The summed E-state index contributed by atoms with van der Waals surface area (Å²) in [6.45, 7) is 0. The summed E-state index contributed by atoms with van der Waals surface area (Å²) in [4.78, 5) is 0. The molecule has 0 aliphatic carbocycles. The van der Waals surface area contributed by atoms with Crippen LogP contribution in [0.2, 0.25) is 0 Å². The monoisotopic (exact) mass is 147 g/mol. The smallest absolute Gasteiger partial charge is 1.00 e. The molecule has 0 bridgehead atoms. The maximum Gasteiger partial charge on any atom is 2.00 e. The van der Waals surface area contributed by atoms with E-state index in [0.717, 1.165) is 0 Å². The van der Waals surface area contributed by atoms with Crippen LogP contribution in [0.25, 0.3) is 0 Å². The van der Waals surface area contributed by atoms with Crippen LogP contribution in [0.5, 0.6) is 0 Å². The zero-order valence-corrected chi connectivity index (χ0v) is 8.73. The van der Waals surface area contributed by atoms with Crippen LogP contribution in [0.1, 0.15) is 4.28 Å². The van der Waals surface area contributed by atoms with Crippen molar-refractivity contribution in [2.24, 2.45) is 0 Å². The number of hydrogen-bond donors (Lipinski definition) is 1. The molecule has 0 radical (unpaired) electrons. The third kappa shape index (κ3) is 31.7. The summed E-state index contributed by atoms with van der Waals surface area (Å²) >= 11 is -2.86. The van der Waals surface area contributed by atoms with Crippen molar-refractivity contribution in [3.05, 3.63) is 0 Å². The molecule has 1 N–H and O–H groups in total. The zero-order valence-electron chi connectivity index (χ0n) is 6.38. The summed E-state index contributed by atoms with van der Waals surface area (Å²) in [6.07, 6.45) is 0. The first-order valence-corrected chi connectivity index (χ1v) is 1.55. The molecule has 0 spiro atoms. The molecule has 0 rings (SSSR count). The fraction of sp³-hybridized carbons (Fsp3) is 0. The van der Waals surface area contributed by atoms with Crippen molar-refractivity contribution >= 4 is 34.4 Å². The van der Waals surface area contributed by atoms with E-state index < -0.39 is 11.4 Å². The Kier molecular flexibility index (Phi) is 27.5. The standard InChI is InChI=1S/K.Mg.H2O3S.3H/c;;1-4(2)3;;;/h;;(H2,1,2,3);;;/q+1;+2;;3*-1/p-1. The van der Waals surface area contributed by atoms with Gasteiger partial charge in [0.2, 0.25) is 0 Å². The Morgan fingerprint density at radius 2 is 1.83 bits per heavy atom. The molecule has 0 aliphatic heterocycles. The van der Waals surface area contributed by atoms with E-state index in [0.29, 0.717) is 0 Å². The van der Waals surface area contributed by atoms with Crippen molar-refractivity contribution in [2.75, 3.05) is 0 Å². The topological polar surface area (TPSA) is 60.4 Å². The fourth-order valence-electron chi connectivity index (χ4n) is 0. The van der Waals surface area contributed by atoms with Crippen molar-refractivity contribution in [1.29, 1.82) is 0 Å². The van der Waals surface area contributed by atoms with E-state index in [1.807, 2.05) is 0 Å². The Hall–Kier alpha value is 2.47. The van der Waals surface area contributed by atoms with Crippen LogP contribution in [0.4, 0.5) is 0 Å². The SMILES string of the molecule is O=S([O-])O.[H-].[H-].[H-].[K+].[Mg+2]. The predicted molar refractivity (Wildman–Crippen MR) is 20.6 cm³/mol. The van der Waals surface area contributed by atoms with Crippen molar-refractivity contribution < 1.29 is 69.0 Å². The van der Waals surface area contributed by atoms with Crippen LogP contribution in [-0.4, -0.2) is 36.4 Å². The van der Waals surface area contributed by atoms with Gasteiger partial charge in [0, 0.05) is 0 Å². The van der Waals surface area contributed by atoms with Crippen molar-refractivity contribution in [3.8, 4) is 0 Å². The van der Waals surface area contributed by atoms with Crippen LogP contribution in [-0.2, 0) is 11.4 Å². The molecule has 0 heterocycles. The van der Waals surface area contributed by atoms with Gasteiger partial charge in [-0.25, -0.2) is 4.21 Å². The summed E-state index contributed by atoms with van der Waals surface area (Å²) in [5, 5.41) is 0. The zero-order chi connectivity index (χ0) is 3.58. The third-order valence-electron chi connectivity index (χ3n) is 0. The van der Waals surface area contributed by atoms with Gasteiger partial charge in [0.1, 0.15) is 0 Å². The minimum Gasteiger partial charge on any atom is -1.00 e. The normalized spacial score (nSPS) is 10.3. The Labute approximate surface area is 101 Å². The van der Waals surface area contributed by atoms with Crippen LogP contribution in [0.3, 0.4) is 0 Å². The molecular weight excluding hydrogens is 143 g/mol. The van der Waals surface area contributed by atoms with E-state index in [-0.39, 0.29) is 78.7 Å². The molecule has 3 nitrogen and oxygen atoms in total. The summed E-state index contributed by atoms with van der Waals surface area (Å²) in [7, 11) is 0. The van der Waals surface area contributed by atoms with E-state index in [9.17, 15) is 0 Å². The minimum absolute atomic E-state index is 0. The van der Waals surface area contributed by atoms with Gasteiger partial charge in [0.05, 0.1) is 11.4 Å². The Bertz CT molecular complexity index is 42.0. The molecule has 0 fully saturated rings.